The first-order chi connectivity index (χ1) is 9.42. The summed E-state index contributed by atoms with van der Waals surface area (Å²) in [6.45, 7) is 11.6. The van der Waals surface area contributed by atoms with Crippen LogP contribution in [0.2, 0.25) is 0 Å². The molecule has 0 aromatic carbocycles. The van der Waals surface area contributed by atoms with Crippen LogP contribution in [0.3, 0.4) is 0 Å². The smallest absolute Gasteiger partial charge is 0.228 e. The number of nitrogens with one attached hydrogen (secondary N) is 1. The Hall–Kier alpha value is -0.940. The van der Waals surface area contributed by atoms with Crippen LogP contribution < -0.4 is 5.32 Å². The molecule has 0 aliphatic rings. The predicted octanol–water partition coefficient (Wildman–Crippen LogP) is 3.12. The van der Waals surface area contributed by atoms with Gasteiger partial charge in [0.15, 0.2) is 0 Å². The molecule has 5 nitrogen and oxygen atoms in total. The zero-order valence-corrected chi connectivity index (χ0v) is 13.7. The number of hydrogen-bond donors (Lipinski definition) is 1. The maximum atomic E-state index is 5.51. The van der Waals surface area contributed by atoms with Crippen LogP contribution in [-0.2, 0) is 11.2 Å². The Morgan fingerprint density at radius 1 is 1.30 bits per heavy atom. The van der Waals surface area contributed by atoms with E-state index in [-0.39, 0.29) is 11.5 Å². The van der Waals surface area contributed by atoms with Crippen molar-refractivity contribution in [2.24, 2.45) is 5.41 Å². The molecule has 1 aromatic heterocycles. The maximum Gasteiger partial charge on any atom is 0.228 e. The monoisotopic (exact) mass is 283 g/mol. The molecule has 2 unspecified atom stereocenters. The van der Waals surface area contributed by atoms with Gasteiger partial charge in [-0.2, -0.15) is 4.98 Å². The van der Waals surface area contributed by atoms with Crippen molar-refractivity contribution in [2.45, 2.75) is 66.0 Å². The van der Waals surface area contributed by atoms with Gasteiger partial charge in [-0.3, -0.25) is 0 Å². The van der Waals surface area contributed by atoms with E-state index in [4.69, 9.17) is 9.26 Å². The molecule has 0 bridgehead atoms. The fourth-order valence-corrected chi connectivity index (χ4v) is 2.43. The third-order valence-electron chi connectivity index (χ3n) is 3.29. The highest BCUT2D eigenvalue weighted by Gasteiger charge is 2.30. The molecule has 1 heterocycles. The van der Waals surface area contributed by atoms with E-state index in [0.717, 1.165) is 25.8 Å². The zero-order chi connectivity index (χ0) is 15.2. The van der Waals surface area contributed by atoms with Crippen molar-refractivity contribution in [3.63, 3.8) is 0 Å². The Kier molecular flexibility index (Phi) is 6.62. The zero-order valence-electron chi connectivity index (χ0n) is 13.7. The summed E-state index contributed by atoms with van der Waals surface area (Å²) in [5.74, 6) is 1.33. The normalized spacial score (nSPS) is 15.3. The van der Waals surface area contributed by atoms with Gasteiger partial charge < -0.3 is 14.6 Å². The second kappa shape index (κ2) is 7.74. The molecule has 0 radical (unpaired) electrons. The molecular weight excluding hydrogens is 254 g/mol. The number of ether oxygens (including phenoxy) is 1. The lowest BCUT2D eigenvalue weighted by Crippen LogP contribution is -2.30. The number of rotatable bonds is 8. The summed E-state index contributed by atoms with van der Waals surface area (Å²) in [5, 5.41) is 7.54. The summed E-state index contributed by atoms with van der Waals surface area (Å²) in [5.41, 5.74) is -0.0552. The first kappa shape index (κ1) is 17.1. The quantitative estimate of drug-likeness (QED) is 0.794. The molecule has 0 aliphatic heterocycles. The number of methoxy groups -OCH3 is 1. The fourth-order valence-electron chi connectivity index (χ4n) is 2.43. The molecule has 0 fully saturated rings. The minimum Gasteiger partial charge on any atom is -0.373 e. The molecule has 1 aromatic rings. The van der Waals surface area contributed by atoms with Crippen molar-refractivity contribution >= 4 is 0 Å². The standard InChI is InChI=1S/C15H29N3O2/c1-7-9-11(16-8-2)10-12-17-14(18-20-12)13(19-6)15(3,4)5/h11,13,16H,7-10H2,1-6H3. The summed E-state index contributed by atoms with van der Waals surface area (Å²) < 4.78 is 10.9. The van der Waals surface area contributed by atoms with E-state index >= 15 is 0 Å². The second-order valence-electron chi connectivity index (χ2n) is 6.28. The summed E-state index contributed by atoms with van der Waals surface area (Å²) in [6, 6.07) is 0.397. The molecule has 20 heavy (non-hydrogen) atoms. The predicted molar refractivity (Wildman–Crippen MR) is 79.6 cm³/mol. The largest absolute Gasteiger partial charge is 0.373 e. The van der Waals surface area contributed by atoms with Crippen molar-refractivity contribution in [1.29, 1.82) is 0 Å². The van der Waals surface area contributed by atoms with E-state index in [2.05, 4.69) is 50.1 Å². The lowest BCUT2D eigenvalue weighted by molar-refractivity contribution is 0.00718. The fraction of sp³-hybridized carbons (Fsp3) is 0.867. The Morgan fingerprint density at radius 2 is 2.00 bits per heavy atom. The number of aromatic nitrogens is 2. The molecule has 0 amide bonds. The lowest BCUT2D eigenvalue weighted by Gasteiger charge is -2.26. The van der Waals surface area contributed by atoms with Crippen LogP contribution in [0.15, 0.2) is 4.52 Å². The van der Waals surface area contributed by atoms with Gasteiger partial charge >= 0.3 is 0 Å². The van der Waals surface area contributed by atoms with E-state index in [1.807, 2.05) is 0 Å². The molecule has 2 atom stereocenters. The third-order valence-corrected chi connectivity index (χ3v) is 3.29. The van der Waals surface area contributed by atoms with Gasteiger partial charge in [0.2, 0.25) is 11.7 Å². The molecule has 1 rings (SSSR count). The molecule has 116 valence electrons. The van der Waals surface area contributed by atoms with Gasteiger partial charge in [-0.1, -0.05) is 46.2 Å². The third kappa shape index (κ3) is 4.87. The van der Waals surface area contributed by atoms with Crippen molar-refractivity contribution in [3.05, 3.63) is 11.7 Å². The molecule has 0 spiro atoms. The first-order valence-corrected chi connectivity index (χ1v) is 7.51. The van der Waals surface area contributed by atoms with Crippen molar-refractivity contribution < 1.29 is 9.26 Å². The summed E-state index contributed by atoms with van der Waals surface area (Å²) >= 11 is 0. The molecular formula is C15H29N3O2. The first-order valence-electron chi connectivity index (χ1n) is 7.51. The molecule has 0 saturated carbocycles. The van der Waals surface area contributed by atoms with Gasteiger partial charge in [-0.05, 0) is 18.4 Å². The molecule has 1 N–H and O–H groups in total. The van der Waals surface area contributed by atoms with Gasteiger partial charge in [0.1, 0.15) is 6.10 Å². The van der Waals surface area contributed by atoms with Gasteiger partial charge in [-0.15, -0.1) is 0 Å². The van der Waals surface area contributed by atoms with Crippen molar-refractivity contribution in [3.8, 4) is 0 Å². The lowest BCUT2D eigenvalue weighted by atomic mass is 9.88. The number of nitrogens with zero attached hydrogens (tertiary/aromatic N) is 2. The summed E-state index contributed by atoms with van der Waals surface area (Å²) in [4.78, 5) is 4.51. The van der Waals surface area contributed by atoms with Crippen LogP contribution in [0.25, 0.3) is 0 Å². The van der Waals surface area contributed by atoms with Crippen molar-refractivity contribution in [1.82, 2.24) is 15.5 Å². The van der Waals surface area contributed by atoms with Crippen LogP contribution in [0.4, 0.5) is 0 Å². The van der Waals surface area contributed by atoms with Gasteiger partial charge in [0, 0.05) is 19.6 Å². The number of likely N-dealkylation sites (N-methyl/N-ethyl adjacent to an activating group) is 1. The summed E-state index contributed by atoms with van der Waals surface area (Å²) in [7, 11) is 1.68. The van der Waals surface area contributed by atoms with Gasteiger partial charge in [0.05, 0.1) is 0 Å². The Morgan fingerprint density at radius 3 is 2.50 bits per heavy atom. The Labute approximate surface area is 122 Å². The highest BCUT2D eigenvalue weighted by Crippen LogP contribution is 2.33. The minimum atomic E-state index is -0.149. The summed E-state index contributed by atoms with van der Waals surface area (Å²) in [6.07, 6.45) is 2.87. The van der Waals surface area contributed by atoms with Crippen LogP contribution >= 0.6 is 0 Å². The van der Waals surface area contributed by atoms with E-state index in [9.17, 15) is 0 Å². The average molecular weight is 283 g/mol. The highest BCUT2D eigenvalue weighted by molar-refractivity contribution is 4.97. The van der Waals surface area contributed by atoms with E-state index in [1.165, 1.54) is 0 Å². The van der Waals surface area contributed by atoms with Crippen molar-refractivity contribution in [2.75, 3.05) is 13.7 Å². The van der Waals surface area contributed by atoms with Crippen LogP contribution in [0.5, 0.6) is 0 Å². The molecule has 0 saturated heterocycles. The van der Waals surface area contributed by atoms with Gasteiger partial charge in [0.25, 0.3) is 0 Å². The van der Waals surface area contributed by atoms with E-state index in [0.29, 0.717) is 17.8 Å². The van der Waals surface area contributed by atoms with E-state index in [1.54, 1.807) is 7.11 Å². The van der Waals surface area contributed by atoms with Gasteiger partial charge in [-0.25, -0.2) is 0 Å². The number of hydrogen-bond acceptors (Lipinski definition) is 5. The van der Waals surface area contributed by atoms with Crippen LogP contribution in [0, 0.1) is 5.41 Å². The van der Waals surface area contributed by atoms with E-state index < -0.39 is 0 Å². The second-order valence-corrected chi connectivity index (χ2v) is 6.28. The highest BCUT2D eigenvalue weighted by atomic mass is 16.5. The Balaban J connectivity index is 2.75. The SMILES string of the molecule is CCCC(Cc1nc(C(OC)C(C)(C)C)no1)NCC. The minimum absolute atomic E-state index is 0.0552. The molecule has 0 aliphatic carbocycles. The topological polar surface area (TPSA) is 60.2 Å². The average Bonchev–Trinajstić information content (AvgIpc) is 2.77. The van der Waals surface area contributed by atoms with Crippen LogP contribution in [0.1, 0.15) is 65.3 Å². The van der Waals surface area contributed by atoms with Crippen LogP contribution in [-0.4, -0.2) is 29.8 Å². The Bertz CT molecular complexity index is 379. The maximum absolute atomic E-state index is 5.51. The molecule has 5 heteroatoms.